The molecule has 0 aromatic carbocycles. The van der Waals surface area contributed by atoms with E-state index in [4.69, 9.17) is 9.47 Å². The van der Waals surface area contributed by atoms with Crippen molar-refractivity contribution in [3.8, 4) is 0 Å². The second-order valence-electron chi connectivity index (χ2n) is 5.08. The fourth-order valence-corrected chi connectivity index (χ4v) is 2.55. The topological polar surface area (TPSA) is 51.7 Å². The van der Waals surface area contributed by atoms with Crippen molar-refractivity contribution < 1.29 is 14.3 Å². The Balaban J connectivity index is 2.22. The van der Waals surface area contributed by atoms with Gasteiger partial charge in [-0.15, -0.1) is 0 Å². The summed E-state index contributed by atoms with van der Waals surface area (Å²) in [5.74, 6) is 0.897. The number of carbonyl (C=O) groups excluding carboxylic acids is 1. The number of carbonyl (C=O) groups is 1. The Bertz CT molecular complexity index is 464. The summed E-state index contributed by atoms with van der Waals surface area (Å²) in [6.07, 6.45) is 2.90. The molecule has 0 bridgehead atoms. The summed E-state index contributed by atoms with van der Waals surface area (Å²) < 4.78 is 10.6. The maximum Gasteiger partial charge on any atom is 0.341 e. The van der Waals surface area contributed by atoms with Gasteiger partial charge in [0, 0.05) is 26.4 Å². The van der Waals surface area contributed by atoms with E-state index in [-0.39, 0.29) is 12.1 Å². The number of aromatic nitrogens is 1. The lowest BCUT2D eigenvalue weighted by molar-refractivity contribution is 0.0484. The number of esters is 1. The van der Waals surface area contributed by atoms with Gasteiger partial charge in [0.2, 0.25) is 0 Å². The first-order valence-electron chi connectivity index (χ1n) is 7.07. The molecule has 0 spiro atoms. The van der Waals surface area contributed by atoms with E-state index in [2.05, 4.69) is 16.8 Å². The summed E-state index contributed by atoms with van der Waals surface area (Å²) in [6, 6.07) is 3.52. The maximum atomic E-state index is 12.0. The van der Waals surface area contributed by atoms with Crippen molar-refractivity contribution in [1.82, 2.24) is 4.98 Å². The fourth-order valence-electron chi connectivity index (χ4n) is 2.55. The van der Waals surface area contributed by atoms with Gasteiger partial charge in [0.15, 0.2) is 0 Å². The lowest BCUT2D eigenvalue weighted by Crippen LogP contribution is -2.44. The Morgan fingerprint density at radius 3 is 3.05 bits per heavy atom. The second-order valence-corrected chi connectivity index (χ2v) is 5.08. The summed E-state index contributed by atoms with van der Waals surface area (Å²) in [5.41, 5.74) is 0.527. The van der Waals surface area contributed by atoms with Crippen LogP contribution in [0.4, 0.5) is 5.82 Å². The molecule has 2 unspecified atom stereocenters. The Kier molecular flexibility index (Phi) is 4.95. The molecule has 1 aliphatic heterocycles. The molecule has 0 saturated carbocycles. The van der Waals surface area contributed by atoms with Gasteiger partial charge in [0.05, 0.1) is 12.7 Å². The molecule has 2 atom stereocenters. The zero-order valence-electron chi connectivity index (χ0n) is 12.3. The first-order valence-corrected chi connectivity index (χ1v) is 7.07. The van der Waals surface area contributed by atoms with Crippen molar-refractivity contribution in [3.63, 3.8) is 0 Å². The average molecular weight is 278 g/mol. The molecule has 5 heteroatoms. The highest BCUT2D eigenvalue weighted by Gasteiger charge is 2.29. The molecule has 0 aliphatic carbocycles. The summed E-state index contributed by atoms with van der Waals surface area (Å²) in [6.45, 7) is 5.99. The molecule has 0 N–H and O–H groups in total. The number of methoxy groups -OCH3 is 1. The van der Waals surface area contributed by atoms with Gasteiger partial charge in [-0.3, -0.25) is 0 Å². The van der Waals surface area contributed by atoms with Gasteiger partial charge in [0.1, 0.15) is 11.4 Å². The van der Waals surface area contributed by atoms with Crippen molar-refractivity contribution >= 4 is 11.8 Å². The van der Waals surface area contributed by atoms with Crippen LogP contribution in [0, 0.1) is 5.92 Å². The predicted octanol–water partition coefficient (Wildman–Crippen LogP) is 2.12. The number of piperidine rings is 1. The van der Waals surface area contributed by atoms with Gasteiger partial charge in [-0.2, -0.15) is 0 Å². The van der Waals surface area contributed by atoms with Crippen molar-refractivity contribution in [2.45, 2.75) is 26.4 Å². The SMILES string of the molecule is CCOC(=O)c1cccnc1N1CCC(C)C(OC)C1. The quantitative estimate of drug-likeness (QED) is 0.790. The largest absolute Gasteiger partial charge is 0.462 e. The fraction of sp³-hybridized carbons (Fsp3) is 0.600. The summed E-state index contributed by atoms with van der Waals surface area (Å²) >= 11 is 0. The van der Waals surface area contributed by atoms with Crippen LogP contribution in [-0.2, 0) is 9.47 Å². The van der Waals surface area contributed by atoms with Crippen LogP contribution in [0.2, 0.25) is 0 Å². The van der Waals surface area contributed by atoms with Crippen LogP contribution in [0.1, 0.15) is 30.6 Å². The van der Waals surface area contributed by atoms with Crippen LogP contribution in [0.5, 0.6) is 0 Å². The number of ether oxygens (including phenoxy) is 2. The minimum atomic E-state index is -0.316. The zero-order valence-corrected chi connectivity index (χ0v) is 12.3. The number of hydrogen-bond donors (Lipinski definition) is 0. The normalized spacial score (nSPS) is 22.6. The Morgan fingerprint density at radius 2 is 2.35 bits per heavy atom. The van der Waals surface area contributed by atoms with Crippen LogP contribution >= 0.6 is 0 Å². The summed E-state index contributed by atoms with van der Waals surface area (Å²) in [4.78, 5) is 18.5. The Labute approximate surface area is 119 Å². The maximum absolute atomic E-state index is 12.0. The average Bonchev–Trinajstić information content (AvgIpc) is 2.48. The monoisotopic (exact) mass is 278 g/mol. The van der Waals surface area contributed by atoms with E-state index in [1.165, 1.54) is 0 Å². The number of hydrogen-bond acceptors (Lipinski definition) is 5. The van der Waals surface area contributed by atoms with Crippen molar-refractivity contribution in [1.29, 1.82) is 0 Å². The van der Waals surface area contributed by atoms with Crippen molar-refractivity contribution in [2.24, 2.45) is 5.92 Å². The van der Waals surface area contributed by atoms with E-state index in [0.717, 1.165) is 19.5 Å². The smallest absolute Gasteiger partial charge is 0.341 e. The van der Waals surface area contributed by atoms with Gasteiger partial charge in [0.25, 0.3) is 0 Å². The van der Waals surface area contributed by atoms with Crippen LogP contribution in [0.15, 0.2) is 18.3 Å². The highest BCUT2D eigenvalue weighted by molar-refractivity contribution is 5.94. The minimum Gasteiger partial charge on any atom is -0.462 e. The second kappa shape index (κ2) is 6.70. The molecule has 0 amide bonds. The lowest BCUT2D eigenvalue weighted by Gasteiger charge is -2.37. The number of rotatable bonds is 4. The molecule has 0 radical (unpaired) electrons. The first-order chi connectivity index (χ1) is 9.67. The van der Waals surface area contributed by atoms with Crippen molar-refractivity contribution in [2.75, 3.05) is 31.7 Å². The van der Waals surface area contributed by atoms with E-state index in [1.807, 2.05) is 0 Å². The molecule has 1 aliphatic rings. The lowest BCUT2D eigenvalue weighted by atomic mass is 9.95. The number of pyridine rings is 1. The first kappa shape index (κ1) is 14.8. The van der Waals surface area contributed by atoms with E-state index in [1.54, 1.807) is 32.4 Å². The molecular weight excluding hydrogens is 256 g/mol. The van der Waals surface area contributed by atoms with Crippen LogP contribution in [0.25, 0.3) is 0 Å². The molecule has 20 heavy (non-hydrogen) atoms. The summed E-state index contributed by atoms with van der Waals surface area (Å²) in [7, 11) is 1.73. The standard InChI is InChI=1S/C15H22N2O3/c1-4-20-15(18)12-6-5-8-16-14(12)17-9-7-11(2)13(10-17)19-3/h5-6,8,11,13H,4,7,9-10H2,1-3H3. The van der Waals surface area contributed by atoms with E-state index < -0.39 is 0 Å². The predicted molar refractivity (Wildman–Crippen MR) is 77.0 cm³/mol. The van der Waals surface area contributed by atoms with Gasteiger partial charge < -0.3 is 14.4 Å². The molecule has 2 heterocycles. The van der Waals surface area contributed by atoms with Gasteiger partial charge >= 0.3 is 5.97 Å². The molecular formula is C15H22N2O3. The molecule has 1 fully saturated rings. The van der Waals surface area contributed by atoms with E-state index in [0.29, 0.717) is 23.9 Å². The van der Waals surface area contributed by atoms with Gasteiger partial charge in [-0.05, 0) is 31.4 Å². The Morgan fingerprint density at radius 1 is 1.55 bits per heavy atom. The third-order valence-electron chi connectivity index (χ3n) is 3.77. The van der Waals surface area contributed by atoms with Gasteiger partial charge in [-0.25, -0.2) is 9.78 Å². The van der Waals surface area contributed by atoms with E-state index >= 15 is 0 Å². The van der Waals surface area contributed by atoms with Crippen molar-refractivity contribution in [3.05, 3.63) is 23.9 Å². The molecule has 2 rings (SSSR count). The van der Waals surface area contributed by atoms with Crippen LogP contribution < -0.4 is 4.90 Å². The van der Waals surface area contributed by atoms with Crippen LogP contribution in [-0.4, -0.2) is 43.9 Å². The zero-order chi connectivity index (χ0) is 14.5. The Hall–Kier alpha value is -1.62. The highest BCUT2D eigenvalue weighted by Crippen LogP contribution is 2.26. The number of anilines is 1. The third-order valence-corrected chi connectivity index (χ3v) is 3.77. The van der Waals surface area contributed by atoms with Gasteiger partial charge in [-0.1, -0.05) is 6.92 Å². The minimum absolute atomic E-state index is 0.167. The van der Waals surface area contributed by atoms with E-state index in [9.17, 15) is 4.79 Å². The highest BCUT2D eigenvalue weighted by atomic mass is 16.5. The van der Waals surface area contributed by atoms with Crippen LogP contribution in [0.3, 0.4) is 0 Å². The molecule has 110 valence electrons. The molecule has 1 aromatic heterocycles. The summed E-state index contributed by atoms with van der Waals surface area (Å²) in [5, 5.41) is 0. The molecule has 1 aromatic rings. The molecule has 1 saturated heterocycles. The molecule has 5 nitrogen and oxygen atoms in total. The number of nitrogens with zero attached hydrogens (tertiary/aromatic N) is 2. The third kappa shape index (κ3) is 3.10.